The Bertz CT molecular complexity index is 1020. The molecule has 0 radical (unpaired) electrons. The molecule has 1 heterocycles. The summed E-state index contributed by atoms with van der Waals surface area (Å²) in [7, 11) is 0. The average molecular weight is 446 g/mol. The van der Waals surface area contributed by atoms with E-state index in [9.17, 15) is 24.0 Å². The lowest BCUT2D eigenvalue weighted by Crippen LogP contribution is -2.56. The van der Waals surface area contributed by atoms with Crippen LogP contribution in [0, 0.1) is 0 Å². The first kappa shape index (κ1) is 24.3. The fourth-order valence-electron chi connectivity index (χ4n) is 3.13. The molecule has 172 valence electrons. The van der Waals surface area contributed by atoms with Crippen molar-refractivity contribution in [1.29, 1.82) is 0 Å². The van der Waals surface area contributed by atoms with Crippen molar-refractivity contribution in [3.63, 3.8) is 0 Å². The van der Waals surface area contributed by atoms with Gasteiger partial charge in [0.25, 0.3) is 0 Å². The Morgan fingerprint density at radius 3 is 2.28 bits per heavy atom. The van der Waals surface area contributed by atoms with Gasteiger partial charge in [-0.05, 0) is 18.1 Å². The highest BCUT2D eigenvalue weighted by molar-refractivity contribution is 5.94. The van der Waals surface area contributed by atoms with Gasteiger partial charge in [-0.25, -0.2) is 0 Å². The molecule has 0 saturated heterocycles. The molecule has 4 amide bonds. The summed E-state index contributed by atoms with van der Waals surface area (Å²) < 4.78 is 0. The molecule has 0 unspecified atom stereocenters. The molecule has 3 atom stereocenters. The van der Waals surface area contributed by atoms with Gasteiger partial charge in [0.1, 0.15) is 12.1 Å². The van der Waals surface area contributed by atoms with Crippen molar-refractivity contribution < 1.29 is 29.1 Å². The molecule has 32 heavy (non-hydrogen) atoms. The zero-order valence-corrected chi connectivity index (χ0v) is 17.2. The second-order valence-electron chi connectivity index (χ2n) is 7.30. The minimum absolute atomic E-state index is 0.0165. The first-order valence-corrected chi connectivity index (χ1v) is 9.79. The van der Waals surface area contributed by atoms with E-state index < -0.39 is 54.1 Å². The molecule has 12 nitrogen and oxygen atoms in total. The number of benzene rings is 1. The summed E-state index contributed by atoms with van der Waals surface area (Å²) in [4.78, 5) is 61.9. The van der Waals surface area contributed by atoms with Crippen LogP contribution in [-0.2, 0) is 30.4 Å². The van der Waals surface area contributed by atoms with Crippen molar-refractivity contribution in [2.45, 2.75) is 43.8 Å². The zero-order chi connectivity index (χ0) is 23.8. The third-order valence-electron chi connectivity index (χ3n) is 4.80. The van der Waals surface area contributed by atoms with Crippen LogP contribution >= 0.6 is 0 Å². The monoisotopic (exact) mass is 446 g/mol. The van der Waals surface area contributed by atoms with E-state index in [4.69, 9.17) is 22.3 Å². The fourth-order valence-corrected chi connectivity index (χ4v) is 3.13. The number of aliphatic carboxylic acids is 1. The van der Waals surface area contributed by atoms with E-state index in [2.05, 4.69) is 15.6 Å². The molecule has 1 aromatic heterocycles. The van der Waals surface area contributed by atoms with Gasteiger partial charge in [0.05, 0.1) is 12.5 Å². The Morgan fingerprint density at radius 2 is 1.66 bits per heavy atom. The van der Waals surface area contributed by atoms with Gasteiger partial charge in [0.15, 0.2) is 0 Å². The highest BCUT2D eigenvalue weighted by atomic mass is 16.4. The zero-order valence-electron chi connectivity index (χ0n) is 17.2. The van der Waals surface area contributed by atoms with E-state index in [-0.39, 0.29) is 19.3 Å². The number of aromatic nitrogens is 1. The number of carboxylic acids is 1. The van der Waals surface area contributed by atoms with Crippen molar-refractivity contribution in [2.24, 2.45) is 17.2 Å². The maximum atomic E-state index is 12.9. The molecule has 0 spiro atoms. The quantitative estimate of drug-likeness (QED) is 0.198. The minimum atomic E-state index is -1.38. The Morgan fingerprint density at radius 1 is 1.00 bits per heavy atom. The SMILES string of the molecule is NC(=O)CC[C@H](NC(=O)[C@H](Cc1c[nH]c2ccccc12)NC(=O)[C@@H](N)CC(=O)O)C(N)=O. The number of nitrogens with one attached hydrogen (secondary N) is 3. The van der Waals surface area contributed by atoms with Crippen LogP contribution in [0.1, 0.15) is 24.8 Å². The average Bonchev–Trinajstić information content (AvgIpc) is 3.12. The predicted octanol–water partition coefficient (Wildman–Crippen LogP) is -1.77. The molecule has 0 fully saturated rings. The minimum Gasteiger partial charge on any atom is -0.481 e. The third kappa shape index (κ3) is 6.80. The Hall–Kier alpha value is -3.93. The van der Waals surface area contributed by atoms with E-state index in [1.807, 2.05) is 24.3 Å². The molecule has 0 bridgehead atoms. The van der Waals surface area contributed by atoms with Crippen molar-refractivity contribution in [3.05, 3.63) is 36.0 Å². The molecular weight excluding hydrogens is 420 g/mol. The third-order valence-corrected chi connectivity index (χ3v) is 4.80. The molecule has 2 aromatic rings. The Balaban J connectivity index is 2.24. The van der Waals surface area contributed by atoms with Crippen LogP contribution in [0.15, 0.2) is 30.5 Å². The number of para-hydroxylation sites is 1. The number of hydrogen-bond acceptors (Lipinski definition) is 6. The first-order valence-electron chi connectivity index (χ1n) is 9.79. The molecule has 0 aliphatic rings. The van der Waals surface area contributed by atoms with Gasteiger partial charge in [-0.3, -0.25) is 24.0 Å². The summed E-state index contributed by atoms with van der Waals surface area (Å²) in [6, 6.07) is 3.53. The largest absolute Gasteiger partial charge is 0.481 e. The number of hydrogen-bond donors (Lipinski definition) is 7. The van der Waals surface area contributed by atoms with Crippen LogP contribution in [0.3, 0.4) is 0 Å². The van der Waals surface area contributed by atoms with Gasteiger partial charge in [-0.1, -0.05) is 18.2 Å². The molecule has 1 aromatic carbocycles. The molecule has 0 aliphatic heterocycles. The first-order chi connectivity index (χ1) is 15.1. The van der Waals surface area contributed by atoms with Crippen molar-refractivity contribution in [1.82, 2.24) is 15.6 Å². The second-order valence-corrected chi connectivity index (χ2v) is 7.30. The van der Waals surface area contributed by atoms with Crippen molar-refractivity contribution >= 4 is 40.5 Å². The van der Waals surface area contributed by atoms with Gasteiger partial charge in [0.2, 0.25) is 23.6 Å². The Kier molecular flexibility index (Phi) is 8.30. The number of carboxylic acid groups (broad SMARTS) is 1. The number of aromatic amines is 1. The molecular formula is C20H26N6O6. The smallest absolute Gasteiger partial charge is 0.305 e. The van der Waals surface area contributed by atoms with E-state index in [0.717, 1.165) is 10.9 Å². The summed E-state index contributed by atoms with van der Waals surface area (Å²) in [6.07, 6.45) is 0.769. The van der Waals surface area contributed by atoms with Gasteiger partial charge < -0.3 is 37.9 Å². The standard InChI is InChI=1S/C20H26N6O6/c21-12(8-17(28)29)19(31)26-15(7-10-9-24-13-4-2-1-3-11(10)13)20(32)25-14(18(23)30)5-6-16(22)27/h1-4,9,12,14-15,24H,5-8,21H2,(H2,22,27)(H2,23,30)(H,25,32)(H,26,31)(H,28,29)/t12-,14-,15-/m0/s1. The van der Waals surface area contributed by atoms with Gasteiger partial charge >= 0.3 is 5.97 Å². The normalized spacial score (nSPS) is 13.7. The highest BCUT2D eigenvalue weighted by Gasteiger charge is 2.29. The summed E-state index contributed by atoms with van der Waals surface area (Å²) in [5.74, 6) is -4.42. The summed E-state index contributed by atoms with van der Waals surface area (Å²) >= 11 is 0. The summed E-state index contributed by atoms with van der Waals surface area (Å²) in [5, 5.41) is 14.5. The van der Waals surface area contributed by atoms with Crippen LogP contribution < -0.4 is 27.8 Å². The fraction of sp³-hybridized carbons (Fsp3) is 0.350. The number of nitrogens with two attached hydrogens (primary N) is 3. The van der Waals surface area contributed by atoms with E-state index in [0.29, 0.717) is 5.56 Å². The van der Waals surface area contributed by atoms with Crippen LogP contribution in [0.25, 0.3) is 10.9 Å². The van der Waals surface area contributed by atoms with Crippen molar-refractivity contribution in [2.75, 3.05) is 0 Å². The number of amides is 4. The lowest BCUT2D eigenvalue weighted by Gasteiger charge is -2.23. The Labute approximate surface area is 182 Å². The van der Waals surface area contributed by atoms with Crippen LogP contribution in [0.4, 0.5) is 0 Å². The van der Waals surface area contributed by atoms with Crippen molar-refractivity contribution in [3.8, 4) is 0 Å². The number of fused-ring (bicyclic) bond motifs is 1. The maximum absolute atomic E-state index is 12.9. The van der Waals surface area contributed by atoms with E-state index >= 15 is 0 Å². The molecule has 0 aliphatic carbocycles. The number of carbonyl (C=O) groups excluding carboxylic acids is 4. The highest BCUT2D eigenvalue weighted by Crippen LogP contribution is 2.19. The van der Waals surface area contributed by atoms with Gasteiger partial charge in [-0.15, -0.1) is 0 Å². The lowest BCUT2D eigenvalue weighted by molar-refractivity contribution is -0.139. The van der Waals surface area contributed by atoms with Crippen LogP contribution in [-0.4, -0.2) is 57.8 Å². The van der Waals surface area contributed by atoms with Crippen LogP contribution in [0.2, 0.25) is 0 Å². The summed E-state index contributed by atoms with van der Waals surface area (Å²) in [6.45, 7) is 0. The molecule has 10 N–H and O–H groups in total. The lowest BCUT2D eigenvalue weighted by atomic mass is 10.0. The summed E-state index contributed by atoms with van der Waals surface area (Å²) in [5.41, 5.74) is 17.5. The van der Waals surface area contributed by atoms with Gasteiger partial charge in [0, 0.05) is 29.9 Å². The van der Waals surface area contributed by atoms with Gasteiger partial charge in [-0.2, -0.15) is 0 Å². The molecule has 0 saturated carbocycles. The predicted molar refractivity (Wildman–Crippen MR) is 114 cm³/mol. The van der Waals surface area contributed by atoms with Crippen LogP contribution in [0.5, 0.6) is 0 Å². The second kappa shape index (κ2) is 10.9. The number of rotatable bonds is 12. The molecule has 12 heteroatoms. The van der Waals surface area contributed by atoms with E-state index in [1.165, 1.54) is 0 Å². The number of primary amides is 2. The van der Waals surface area contributed by atoms with E-state index in [1.54, 1.807) is 6.20 Å². The number of carbonyl (C=O) groups is 5. The number of H-pyrrole nitrogens is 1. The topological polar surface area (TPSA) is 223 Å². The molecule has 2 rings (SSSR count). The maximum Gasteiger partial charge on any atom is 0.305 e.